The van der Waals surface area contributed by atoms with Gasteiger partial charge in [0.15, 0.2) is 4.46 Å². The smallest absolute Gasteiger partial charge is 0.416 e. The lowest BCUT2D eigenvalue weighted by Crippen LogP contribution is -2.27. The third-order valence-corrected chi connectivity index (χ3v) is 4.43. The van der Waals surface area contributed by atoms with Gasteiger partial charge in [0.2, 0.25) is 0 Å². The Balaban J connectivity index is 2.14. The Labute approximate surface area is 141 Å². The summed E-state index contributed by atoms with van der Waals surface area (Å²) in [6.45, 7) is 0. The Hall–Kier alpha value is -1.59. The van der Waals surface area contributed by atoms with Gasteiger partial charge in [0.25, 0.3) is 0 Å². The van der Waals surface area contributed by atoms with Crippen molar-refractivity contribution in [2.24, 2.45) is 0 Å². The van der Waals surface area contributed by atoms with Gasteiger partial charge >= 0.3 is 6.18 Å². The Kier molecular flexibility index (Phi) is 3.89. The summed E-state index contributed by atoms with van der Waals surface area (Å²) in [5, 5.41) is 2.76. The van der Waals surface area contributed by atoms with Gasteiger partial charge in [-0.05, 0) is 23.8 Å². The van der Waals surface area contributed by atoms with E-state index in [1.54, 1.807) is 24.3 Å². The van der Waals surface area contributed by atoms with E-state index in [0.717, 1.165) is 12.1 Å². The number of anilines is 1. The number of alkyl halides is 5. The number of fused-ring (bicyclic) bond motifs is 1. The molecule has 0 spiro atoms. The van der Waals surface area contributed by atoms with Crippen LogP contribution >= 0.6 is 23.2 Å². The van der Waals surface area contributed by atoms with Crippen LogP contribution in [-0.4, -0.2) is 11.6 Å². The molecule has 0 aliphatic carbocycles. The van der Waals surface area contributed by atoms with E-state index in [4.69, 9.17) is 27.9 Å². The fourth-order valence-corrected chi connectivity index (χ4v) is 3.48. The molecule has 0 saturated carbocycles. The van der Waals surface area contributed by atoms with Crippen LogP contribution in [0, 0.1) is 0 Å². The van der Waals surface area contributed by atoms with Crippen molar-refractivity contribution in [3.05, 3.63) is 59.2 Å². The maximum absolute atomic E-state index is 12.9. The highest BCUT2D eigenvalue weighted by atomic mass is 35.5. The van der Waals surface area contributed by atoms with Gasteiger partial charge in [0.1, 0.15) is 5.75 Å². The fourth-order valence-electron chi connectivity index (χ4n) is 2.81. The number of para-hydroxylation sites is 1. The predicted molar refractivity (Wildman–Crippen MR) is 84.3 cm³/mol. The molecule has 23 heavy (non-hydrogen) atoms. The van der Waals surface area contributed by atoms with Crippen molar-refractivity contribution in [1.82, 2.24) is 0 Å². The van der Waals surface area contributed by atoms with Gasteiger partial charge in [-0.2, -0.15) is 13.2 Å². The Morgan fingerprint density at radius 3 is 2.43 bits per heavy atom. The normalized spacial score (nSPS) is 19.1. The zero-order chi connectivity index (χ0) is 16.8. The molecule has 1 heterocycles. The summed E-state index contributed by atoms with van der Waals surface area (Å²) in [6, 6.07) is 10.6. The monoisotopic (exact) mass is 361 g/mol. The van der Waals surface area contributed by atoms with Gasteiger partial charge in [-0.3, -0.25) is 0 Å². The van der Waals surface area contributed by atoms with Crippen molar-refractivity contribution in [3.63, 3.8) is 0 Å². The van der Waals surface area contributed by atoms with Crippen molar-refractivity contribution in [2.75, 3.05) is 12.4 Å². The molecular formula is C16H12Cl2F3NO. The summed E-state index contributed by atoms with van der Waals surface area (Å²) in [5.41, 5.74) is 0.799. The molecule has 1 unspecified atom stereocenters. The summed E-state index contributed by atoms with van der Waals surface area (Å²) < 4.78 is 42.5. The number of halogens is 5. The third kappa shape index (κ3) is 2.83. The SMILES string of the molecule is COc1ccccc1C1c2ccc(C(F)(F)F)cc2NC1(Cl)Cl. The molecule has 0 aromatic heterocycles. The van der Waals surface area contributed by atoms with Gasteiger partial charge in [-0.1, -0.05) is 47.5 Å². The van der Waals surface area contributed by atoms with Crippen LogP contribution in [0.2, 0.25) is 0 Å². The van der Waals surface area contributed by atoms with E-state index in [1.165, 1.54) is 13.2 Å². The molecule has 2 nitrogen and oxygen atoms in total. The summed E-state index contributed by atoms with van der Waals surface area (Å²) in [6.07, 6.45) is -4.43. The minimum absolute atomic E-state index is 0.265. The van der Waals surface area contributed by atoms with Crippen LogP contribution in [0.25, 0.3) is 0 Å². The van der Waals surface area contributed by atoms with Gasteiger partial charge in [-0.25, -0.2) is 0 Å². The van der Waals surface area contributed by atoms with Crippen molar-refractivity contribution in [2.45, 2.75) is 16.6 Å². The maximum Gasteiger partial charge on any atom is 0.416 e. The zero-order valence-electron chi connectivity index (χ0n) is 11.9. The summed E-state index contributed by atoms with van der Waals surface area (Å²) >= 11 is 12.7. The fraction of sp³-hybridized carbons (Fsp3) is 0.250. The molecule has 2 aromatic rings. The highest BCUT2D eigenvalue weighted by Gasteiger charge is 2.46. The van der Waals surface area contributed by atoms with Crippen LogP contribution in [0.5, 0.6) is 5.75 Å². The summed E-state index contributed by atoms with van der Waals surface area (Å²) in [4.78, 5) is 0. The first-order chi connectivity index (χ1) is 10.7. The molecule has 0 saturated heterocycles. The summed E-state index contributed by atoms with van der Waals surface area (Å²) in [5.74, 6) is 0.0111. The number of hydrogen-bond donors (Lipinski definition) is 1. The highest BCUT2D eigenvalue weighted by molar-refractivity contribution is 6.51. The van der Waals surface area contributed by atoms with E-state index in [1.807, 2.05) is 0 Å². The van der Waals surface area contributed by atoms with Gasteiger partial charge < -0.3 is 10.1 Å². The van der Waals surface area contributed by atoms with Crippen molar-refractivity contribution < 1.29 is 17.9 Å². The number of ether oxygens (including phenoxy) is 1. The minimum Gasteiger partial charge on any atom is -0.496 e. The Morgan fingerprint density at radius 1 is 1.09 bits per heavy atom. The Bertz CT molecular complexity index is 746. The molecule has 1 aliphatic heterocycles. The maximum atomic E-state index is 12.9. The second-order valence-corrected chi connectivity index (χ2v) is 6.61. The lowest BCUT2D eigenvalue weighted by molar-refractivity contribution is -0.137. The van der Waals surface area contributed by atoms with E-state index in [2.05, 4.69) is 5.32 Å². The molecule has 0 bridgehead atoms. The summed E-state index contributed by atoms with van der Waals surface area (Å²) in [7, 11) is 1.51. The molecule has 1 N–H and O–H groups in total. The average Bonchev–Trinajstić information content (AvgIpc) is 2.75. The van der Waals surface area contributed by atoms with Crippen molar-refractivity contribution >= 4 is 28.9 Å². The van der Waals surface area contributed by atoms with Gasteiger partial charge in [-0.15, -0.1) is 0 Å². The molecule has 3 rings (SSSR count). The van der Waals surface area contributed by atoms with Crippen LogP contribution in [0.4, 0.5) is 18.9 Å². The van der Waals surface area contributed by atoms with Crippen LogP contribution in [-0.2, 0) is 6.18 Å². The van der Waals surface area contributed by atoms with Crippen LogP contribution in [0.1, 0.15) is 22.6 Å². The number of methoxy groups -OCH3 is 1. The second kappa shape index (κ2) is 5.49. The molecule has 0 radical (unpaired) electrons. The first-order valence-electron chi connectivity index (χ1n) is 6.74. The molecule has 122 valence electrons. The van der Waals surface area contributed by atoms with E-state index in [-0.39, 0.29) is 5.69 Å². The third-order valence-electron chi connectivity index (χ3n) is 3.81. The predicted octanol–water partition coefficient (Wildman–Crippen LogP) is 5.40. The van der Waals surface area contributed by atoms with Gasteiger partial charge in [0.05, 0.1) is 18.6 Å². The van der Waals surface area contributed by atoms with Crippen molar-refractivity contribution in [1.29, 1.82) is 0 Å². The van der Waals surface area contributed by atoms with E-state index in [0.29, 0.717) is 16.9 Å². The topological polar surface area (TPSA) is 21.3 Å². The zero-order valence-corrected chi connectivity index (χ0v) is 13.4. The van der Waals surface area contributed by atoms with Crippen LogP contribution in [0.3, 0.4) is 0 Å². The van der Waals surface area contributed by atoms with E-state index in [9.17, 15) is 13.2 Å². The quantitative estimate of drug-likeness (QED) is 0.570. The number of hydrogen-bond acceptors (Lipinski definition) is 2. The van der Waals surface area contributed by atoms with E-state index < -0.39 is 22.1 Å². The average molecular weight is 362 g/mol. The molecule has 1 atom stereocenters. The molecule has 0 fully saturated rings. The molecule has 2 aromatic carbocycles. The Morgan fingerprint density at radius 2 is 1.78 bits per heavy atom. The lowest BCUT2D eigenvalue weighted by Gasteiger charge is -2.24. The number of benzene rings is 2. The van der Waals surface area contributed by atoms with Crippen LogP contribution in [0.15, 0.2) is 42.5 Å². The number of rotatable bonds is 2. The first kappa shape index (κ1) is 16.3. The molecular weight excluding hydrogens is 350 g/mol. The highest BCUT2D eigenvalue weighted by Crippen LogP contribution is 2.53. The molecule has 0 amide bonds. The molecule has 1 aliphatic rings. The standard InChI is InChI=1S/C16H12Cl2F3NO/c1-23-13-5-3-2-4-11(13)14-10-7-6-9(16(19,20)21)8-12(10)22-15(14,17)18/h2-8,14,22H,1H3. The lowest BCUT2D eigenvalue weighted by atomic mass is 9.91. The van der Waals surface area contributed by atoms with E-state index >= 15 is 0 Å². The second-order valence-electron chi connectivity index (χ2n) is 5.22. The minimum atomic E-state index is -4.43. The molecule has 7 heteroatoms. The first-order valence-corrected chi connectivity index (χ1v) is 7.49. The number of nitrogens with one attached hydrogen (secondary N) is 1. The van der Waals surface area contributed by atoms with Gasteiger partial charge in [0, 0.05) is 11.3 Å². The largest absolute Gasteiger partial charge is 0.496 e. The van der Waals surface area contributed by atoms with Crippen LogP contribution < -0.4 is 10.1 Å². The van der Waals surface area contributed by atoms with Crippen molar-refractivity contribution in [3.8, 4) is 5.75 Å².